The topological polar surface area (TPSA) is 82.5 Å². The number of carbonyl (C=O) groups is 2. The number of carboxylic acid groups (broad SMARTS) is 1. The van der Waals surface area contributed by atoms with Gasteiger partial charge < -0.3 is 15.3 Å². The highest BCUT2D eigenvalue weighted by Gasteiger charge is 2.40. The van der Waals surface area contributed by atoms with Gasteiger partial charge in [0.15, 0.2) is 0 Å². The van der Waals surface area contributed by atoms with Gasteiger partial charge >= 0.3 is 6.09 Å². The summed E-state index contributed by atoms with van der Waals surface area (Å²) in [5, 5.41) is 11.9. The van der Waals surface area contributed by atoms with Crippen LogP contribution < -0.4 is 5.32 Å². The number of pyridine rings is 1. The van der Waals surface area contributed by atoms with E-state index in [2.05, 4.69) is 10.3 Å². The average molecular weight is 247 g/mol. The second-order valence-electron chi connectivity index (χ2n) is 4.70. The first-order valence-corrected chi connectivity index (χ1v) is 5.88. The number of nitrogens with zero attached hydrogens (tertiary/aromatic N) is 2. The molecule has 0 bridgehead atoms. The molecule has 6 heteroatoms. The summed E-state index contributed by atoms with van der Waals surface area (Å²) < 4.78 is 0. The van der Waals surface area contributed by atoms with Gasteiger partial charge in [-0.15, -0.1) is 0 Å². The third-order valence-electron chi connectivity index (χ3n) is 3.67. The summed E-state index contributed by atoms with van der Waals surface area (Å²) in [6.07, 6.45) is 0.740. The van der Waals surface area contributed by atoms with Gasteiger partial charge in [-0.25, -0.2) is 4.79 Å². The molecule has 2 atom stereocenters. The van der Waals surface area contributed by atoms with Crippen molar-refractivity contribution in [1.29, 1.82) is 0 Å². The van der Waals surface area contributed by atoms with Gasteiger partial charge in [0.05, 0.1) is 11.3 Å². The van der Waals surface area contributed by atoms with E-state index in [0.717, 1.165) is 5.69 Å². The zero-order chi connectivity index (χ0) is 12.7. The lowest BCUT2D eigenvalue weighted by molar-refractivity contribution is 0.0951. The maximum atomic E-state index is 11.9. The van der Waals surface area contributed by atoms with E-state index in [9.17, 15) is 9.59 Å². The Morgan fingerprint density at radius 1 is 1.50 bits per heavy atom. The van der Waals surface area contributed by atoms with Crippen LogP contribution in [0.25, 0.3) is 0 Å². The maximum absolute atomic E-state index is 11.9. The zero-order valence-electron chi connectivity index (χ0n) is 9.67. The van der Waals surface area contributed by atoms with Crippen LogP contribution in [0.2, 0.25) is 0 Å². The number of carbonyl (C=O) groups excluding carboxylic acids is 1. The van der Waals surface area contributed by atoms with Crippen molar-refractivity contribution >= 4 is 12.0 Å². The summed E-state index contributed by atoms with van der Waals surface area (Å²) in [4.78, 5) is 28.6. The summed E-state index contributed by atoms with van der Waals surface area (Å²) in [5.41, 5.74) is 1.29. The molecule has 0 radical (unpaired) electrons. The van der Waals surface area contributed by atoms with Crippen molar-refractivity contribution in [2.75, 3.05) is 19.6 Å². The van der Waals surface area contributed by atoms with E-state index < -0.39 is 6.09 Å². The highest BCUT2D eigenvalue weighted by Crippen LogP contribution is 2.34. The van der Waals surface area contributed by atoms with Crippen LogP contribution in [-0.4, -0.2) is 46.6 Å². The Hall–Kier alpha value is -2.11. The Bertz CT molecular complexity index is 517. The van der Waals surface area contributed by atoms with Crippen molar-refractivity contribution in [3.05, 3.63) is 29.6 Å². The van der Waals surface area contributed by atoms with Crippen molar-refractivity contribution in [1.82, 2.24) is 15.2 Å². The van der Waals surface area contributed by atoms with Crippen LogP contribution in [-0.2, 0) is 0 Å². The molecule has 1 aromatic heterocycles. The van der Waals surface area contributed by atoms with Crippen LogP contribution in [0, 0.1) is 5.92 Å². The van der Waals surface area contributed by atoms with Gasteiger partial charge in [0.1, 0.15) is 0 Å². The molecule has 0 saturated carbocycles. The van der Waals surface area contributed by atoms with Crippen LogP contribution in [0.3, 0.4) is 0 Å². The molecule has 1 aromatic rings. The number of amides is 2. The number of fused-ring (bicyclic) bond motifs is 3. The smallest absolute Gasteiger partial charge is 0.407 e. The Balaban J connectivity index is 2.00. The number of rotatable bonds is 0. The van der Waals surface area contributed by atoms with E-state index >= 15 is 0 Å². The van der Waals surface area contributed by atoms with E-state index in [1.165, 1.54) is 4.90 Å². The van der Waals surface area contributed by atoms with Gasteiger partial charge in [0.2, 0.25) is 0 Å². The highest BCUT2D eigenvalue weighted by molar-refractivity contribution is 5.95. The Labute approximate surface area is 104 Å². The van der Waals surface area contributed by atoms with Crippen LogP contribution in [0.5, 0.6) is 0 Å². The lowest BCUT2D eigenvalue weighted by Crippen LogP contribution is -2.31. The second-order valence-corrected chi connectivity index (χ2v) is 4.70. The minimum absolute atomic E-state index is 0.0104. The molecule has 94 valence electrons. The lowest BCUT2D eigenvalue weighted by Gasteiger charge is -2.14. The third kappa shape index (κ3) is 1.61. The lowest BCUT2D eigenvalue weighted by atomic mass is 9.91. The fourth-order valence-electron chi connectivity index (χ4n) is 2.77. The van der Waals surface area contributed by atoms with Crippen molar-refractivity contribution in [2.24, 2.45) is 5.92 Å². The van der Waals surface area contributed by atoms with Crippen LogP contribution in [0.4, 0.5) is 4.79 Å². The predicted molar refractivity (Wildman–Crippen MR) is 62.4 cm³/mol. The van der Waals surface area contributed by atoms with Gasteiger partial charge in [-0.2, -0.15) is 0 Å². The molecular formula is C12H13N3O3. The van der Waals surface area contributed by atoms with E-state index in [-0.39, 0.29) is 17.7 Å². The van der Waals surface area contributed by atoms with Gasteiger partial charge in [-0.05, 0) is 12.1 Å². The fraction of sp³-hybridized carbons (Fsp3) is 0.417. The van der Waals surface area contributed by atoms with Crippen LogP contribution in [0.1, 0.15) is 22.0 Å². The predicted octanol–water partition coefficient (Wildman–Crippen LogP) is 0.518. The fourth-order valence-corrected chi connectivity index (χ4v) is 2.77. The normalized spacial score (nSPS) is 26.0. The second kappa shape index (κ2) is 3.97. The molecule has 1 saturated heterocycles. The average Bonchev–Trinajstić information content (AvgIpc) is 2.75. The van der Waals surface area contributed by atoms with E-state index in [1.54, 1.807) is 18.3 Å². The standard InChI is InChI=1S/C12H13N3O3/c16-11-8-2-1-3-13-10(8)9-6-15(12(17)18)5-7(9)4-14-11/h1-3,7,9H,4-6H2,(H,14,16)(H,17,18)/t7?,9-/m1/s1. The summed E-state index contributed by atoms with van der Waals surface area (Å²) in [5.74, 6) is 0.00632. The molecule has 3 heterocycles. The molecule has 1 fully saturated rings. The first kappa shape index (κ1) is 11.0. The summed E-state index contributed by atoms with van der Waals surface area (Å²) in [6.45, 7) is 1.37. The Morgan fingerprint density at radius 2 is 2.33 bits per heavy atom. The Kier molecular flexibility index (Phi) is 2.43. The third-order valence-corrected chi connectivity index (χ3v) is 3.67. The number of hydrogen-bond donors (Lipinski definition) is 2. The molecule has 0 aliphatic carbocycles. The molecule has 2 aliphatic rings. The first-order valence-electron chi connectivity index (χ1n) is 5.88. The molecule has 2 amide bonds. The molecule has 0 spiro atoms. The number of likely N-dealkylation sites (tertiary alicyclic amines) is 1. The zero-order valence-corrected chi connectivity index (χ0v) is 9.67. The van der Waals surface area contributed by atoms with Crippen molar-refractivity contribution in [2.45, 2.75) is 5.92 Å². The monoisotopic (exact) mass is 247 g/mol. The van der Waals surface area contributed by atoms with Crippen LogP contribution in [0.15, 0.2) is 18.3 Å². The molecule has 2 aliphatic heterocycles. The van der Waals surface area contributed by atoms with Crippen molar-refractivity contribution < 1.29 is 14.7 Å². The van der Waals surface area contributed by atoms with E-state index in [1.807, 2.05) is 0 Å². The summed E-state index contributed by atoms with van der Waals surface area (Å²) in [7, 11) is 0. The molecule has 18 heavy (non-hydrogen) atoms. The maximum Gasteiger partial charge on any atom is 0.407 e. The number of hydrogen-bond acceptors (Lipinski definition) is 3. The molecule has 6 nitrogen and oxygen atoms in total. The molecule has 0 aromatic carbocycles. The SMILES string of the molecule is O=C1NCC2CN(C(=O)O)C[C@H]2c2ncccc21. The van der Waals surface area contributed by atoms with E-state index in [4.69, 9.17) is 5.11 Å². The highest BCUT2D eigenvalue weighted by atomic mass is 16.4. The van der Waals surface area contributed by atoms with Crippen molar-refractivity contribution in [3.8, 4) is 0 Å². The van der Waals surface area contributed by atoms with E-state index in [0.29, 0.717) is 25.2 Å². The summed E-state index contributed by atoms with van der Waals surface area (Å²) in [6, 6.07) is 3.46. The number of aromatic nitrogens is 1. The summed E-state index contributed by atoms with van der Waals surface area (Å²) >= 11 is 0. The van der Waals surface area contributed by atoms with Crippen molar-refractivity contribution in [3.63, 3.8) is 0 Å². The molecular weight excluding hydrogens is 234 g/mol. The molecule has 3 rings (SSSR count). The van der Waals surface area contributed by atoms with Crippen LogP contribution >= 0.6 is 0 Å². The van der Waals surface area contributed by atoms with Gasteiger partial charge in [-0.1, -0.05) is 0 Å². The quantitative estimate of drug-likeness (QED) is 0.700. The largest absolute Gasteiger partial charge is 0.465 e. The molecule has 2 N–H and O–H groups in total. The molecule has 1 unspecified atom stereocenters. The van der Waals surface area contributed by atoms with Gasteiger partial charge in [0, 0.05) is 37.7 Å². The number of nitrogens with one attached hydrogen (secondary N) is 1. The first-order chi connectivity index (χ1) is 8.66. The minimum Gasteiger partial charge on any atom is -0.465 e. The van der Waals surface area contributed by atoms with Gasteiger partial charge in [0.25, 0.3) is 5.91 Å². The minimum atomic E-state index is -0.910. The van der Waals surface area contributed by atoms with Gasteiger partial charge in [-0.3, -0.25) is 9.78 Å². The Morgan fingerprint density at radius 3 is 3.11 bits per heavy atom.